The fourth-order valence-corrected chi connectivity index (χ4v) is 4.46. The zero-order chi connectivity index (χ0) is 14.7. The predicted octanol–water partition coefficient (Wildman–Crippen LogP) is 4.37. The Labute approximate surface area is 137 Å². The average molecular weight is 365 g/mol. The number of thiophene rings is 1. The Kier molecular flexibility index (Phi) is 4.57. The van der Waals surface area contributed by atoms with E-state index in [0.29, 0.717) is 25.4 Å². The van der Waals surface area contributed by atoms with Crippen LogP contribution in [0.25, 0.3) is 0 Å². The van der Waals surface area contributed by atoms with E-state index in [0.717, 1.165) is 27.8 Å². The van der Waals surface area contributed by atoms with Gasteiger partial charge in [-0.2, -0.15) is 0 Å². The third kappa shape index (κ3) is 2.98. The number of ketones is 1. The number of hydrogen-bond donors (Lipinski definition) is 0. The van der Waals surface area contributed by atoms with Crippen LogP contribution in [-0.4, -0.2) is 19.0 Å². The molecule has 3 rings (SSSR count). The molecule has 0 radical (unpaired) electrons. The molecule has 0 saturated carbocycles. The van der Waals surface area contributed by atoms with E-state index in [1.807, 2.05) is 29.6 Å². The Balaban J connectivity index is 1.92. The molecule has 2 aromatic rings. The van der Waals surface area contributed by atoms with E-state index < -0.39 is 0 Å². The van der Waals surface area contributed by atoms with E-state index in [4.69, 9.17) is 4.74 Å². The fourth-order valence-electron chi connectivity index (χ4n) is 2.97. The number of ether oxygens (including phenoxy) is 1. The normalized spacial score (nSPS) is 17.6. The van der Waals surface area contributed by atoms with Crippen LogP contribution in [0, 0.1) is 0 Å². The lowest BCUT2D eigenvalue weighted by Gasteiger charge is -2.36. The summed E-state index contributed by atoms with van der Waals surface area (Å²) in [6.45, 7) is 1.32. The van der Waals surface area contributed by atoms with Gasteiger partial charge in [0.25, 0.3) is 0 Å². The number of hydrogen-bond acceptors (Lipinski definition) is 3. The minimum absolute atomic E-state index is 0.306. The van der Waals surface area contributed by atoms with Crippen molar-refractivity contribution in [1.29, 1.82) is 0 Å². The highest BCUT2D eigenvalue weighted by molar-refractivity contribution is 9.10. The second kappa shape index (κ2) is 6.42. The predicted molar refractivity (Wildman–Crippen MR) is 88.9 cm³/mol. The molecule has 2 nitrogen and oxygen atoms in total. The number of rotatable bonds is 4. The molecule has 0 bridgehead atoms. The van der Waals surface area contributed by atoms with Crippen LogP contribution < -0.4 is 0 Å². The standard InChI is InChI=1S/C17H17BrO2S/c18-14-6-11-21-15(14)12-16(19)17(7-9-20-10-8-17)13-4-2-1-3-5-13/h1-6,11H,7-10,12H2. The maximum atomic E-state index is 13.1. The lowest BCUT2D eigenvalue weighted by Crippen LogP contribution is -2.42. The van der Waals surface area contributed by atoms with Crippen LogP contribution in [0.5, 0.6) is 0 Å². The highest BCUT2D eigenvalue weighted by Gasteiger charge is 2.41. The second-order valence-electron chi connectivity index (χ2n) is 5.35. The first-order valence-corrected chi connectivity index (χ1v) is 8.78. The monoisotopic (exact) mass is 364 g/mol. The van der Waals surface area contributed by atoms with Crippen LogP contribution in [0.3, 0.4) is 0 Å². The number of Topliss-reactive ketones (excluding diaryl/α,β-unsaturated/α-hetero) is 1. The van der Waals surface area contributed by atoms with Crippen LogP contribution >= 0.6 is 27.3 Å². The van der Waals surface area contributed by atoms with Crippen molar-refractivity contribution in [3.8, 4) is 0 Å². The van der Waals surface area contributed by atoms with Gasteiger partial charge in [-0.25, -0.2) is 0 Å². The SMILES string of the molecule is O=C(Cc1sccc1Br)C1(c2ccccc2)CCOCC1. The molecule has 110 valence electrons. The maximum absolute atomic E-state index is 13.1. The van der Waals surface area contributed by atoms with E-state index in [1.54, 1.807) is 11.3 Å². The number of benzene rings is 1. The molecule has 0 atom stereocenters. The zero-order valence-corrected chi connectivity index (χ0v) is 14.1. The third-order valence-electron chi connectivity index (χ3n) is 4.22. The van der Waals surface area contributed by atoms with Gasteiger partial charge in [0.1, 0.15) is 5.78 Å². The Hall–Kier alpha value is -0.970. The summed E-state index contributed by atoms with van der Waals surface area (Å²) in [4.78, 5) is 14.2. The molecular weight excluding hydrogens is 348 g/mol. The number of carbonyl (C=O) groups is 1. The highest BCUT2D eigenvalue weighted by atomic mass is 79.9. The molecular formula is C17H17BrO2S. The van der Waals surface area contributed by atoms with Crippen LogP contribution in [0.4, 0.5) is 0 Å². The highest BCUT2D eigenvalue weighted by Crippen LogP contribution is 2.37. The van der Waals surface area contributed by atoms with Gasteiger partial charge in [0, 0.05) is 29.0 Å². The summed E-state index contributed by atoms with van der Waals surface area (Å²) in [5.74, 6) is 0.306. The lowest BCUT2D eigenvalue weighted by molar-refractivity contribution is -0.127. The molecule has 0 aliphatic carbocycles. The first-order valence-electron chi connectivity index (χ1n) is 7.11. The smallest absolute Gasteiger partial charge is 0.148 e. The first-order chi connectivity index (χ1) is 10.2. The van der Waals surface area contributed by atoms with Gasteiger partial charge in [-0.15, -0.1) is 11.3 Å². The largest absolute Gasteiger partial charge is 0.381 e. The first kappa shape index (κ1) is 14.9. The van der Waals surface area contributed by atoms with Gasteiger partial charge < -0.3 is 4.74 Å². The number of carbonyl (C=O) groups excluding carboxylic acids is 1. The molecule has 21 heavy (non-hydrogen) atoms. The van der Waals surface area contributed by atoms with Crippen LogP contribution in [-0.2, 0) is 21.4 Å². The van der Waals surface area contributed by atoms with Gasteiger partial charge in [0.15, 0.2) is 0 Å². The van der Waals surface area contributed by atoms with Gasteiger partial charge in [0.2, 0.25) is 0 Å². The summed E-state index contributed by atoms with van der Waals surface area (Å²) in [6.07, 6.45) is 2.05. The minimum atomic E-state index is -0.386. The summed E-state index contributed by atoms with van der Waals surface area (Å²) in [7, 11) is 0. The van der Waals surface area contributed by atoms with Gasteiger partial charge in [-0.3, -0.25) is 4.79 Å². The summed E-state index contributed by atoms with van der Waals surface area (Å²) in [5.41, 5.74) is 0.745. The quantitative estimate of drug-likeness (QED) is 0.804. The molecule has 0 spiro atoms. The second-order valence-corrected chi connectivity index (χ2v) is 7.21. The van der Waals surface area contributed by atoms with Crippen molar-refractivity contribution >= 4 is 33.0 Å². The van der Waals surface area contributed by atoms with Crippen molar-refractivity contribution in [2.24, 2.45) is 0 Å². The van der Waals surface area contributed by atoms with Crippen molar-refractivity contribution in [3.63, 3.8) is 0 Å². The molecule has 2 heterocycles. The van der Waals surface area contributed by atoms with Gasteiger partial charge in [-0.05, 0) is 45.8 Å². The van der Waals surface area contributed by atoms with E-state index >= 15 is 0 Å². The topological polar surface area (TPSA) is 26.3 Å². The van der Waals surface area contributed by atoms with Gasteiger partial charge in [0.05, 0.1) is 5.41 Å². The van der Waals surface area contributed by atoms with E-state index in [9.17, 15) is 4.79 Å². The molecule has 1 aliphatic rings. The summed E-state index contributed by atoms with van der Waals surface area (Å²) >= 11 is 5.16. The summed E-state index contributed by atoms with van der Waals surface area (Å²) in [5, 5.41) is 2.02. The molecule has 0 N–H and O–H groups in total. The minimum Gasteiger partial charge on any atom is -0.381 e. The fraction of sp³-hybridized carbons (Fsp3) is 0.353. The molecule has 1 aliphatic heterocycles. The summed E-state index contributed by atoms with van der Waals surface area (Å²) < 4.78 is 6.53. The summed E-state index contributed by atoms with van der Waals surface area (Å²) in [6, 6.07) is 12.2. The Morgan fingerprint density at radius 2 is 1.90 bits per heavy atom. The van der Waals surface area contributed by atoms with E-state index in [-0.39, 0.29) is 5.41 Å². The Bertz CT molecular complexity index is 615. The molecule has 1 aromatic carbocycles. The molecule has 0 unspecified atom stereocenters. The number of halogens is 1. The van der Waals surface area contributed by atoms with Crippen molar-refractivity contribution in [3.05, 3.63) is 56.7 Å². The van der Waals surface area contributed by atoms with Crippen molar-refractivity contribution in [2.75, 3.05) is 13.2 Å². The van der Waals surface area contributed by atoms with Crippen LogP contribution in [0.1, 0.15) is 23.3 Å². The zero-order valence-electron chi connectivity index (χ0n) is 11.7. The molecule has 0 amide bonds. The van der Waals surface area contributed by atoms with Crippen LogP contribution in [0.15, 0.2) is 46.3 Å². The lowest BCUT2D eigenvalue weighted by atomic mass is 9.70. The van der Waals surface area contributed by atoms with Crippen molar-refractivity contribution in [2.45, 2.75) is 24.7 Å². The van der Waals surface area contributed by atoms with E-state index in [2.05, 4.69) is 28.1 Å². The van der Waals surface area contributed by atoms with Crippen molar-refractivity contribution < 1.29 is 9.53 Å². The van der Waals surface area contributed by atoms with Gasteiger partial charge in [-0.1, -0.05) is 30.3 Å². The van der Waals surface area contributed by atoms with Gasteiger partial charge >= 0.3 is 0 Å². The third-order valence-corrected chi connectivity index (χ3v) is 6.14. The molecule has 4 heteroatoms. The Morgan fingerprint density at radius 3 is 2.52 bits per heavy atom. The molecule has 1 fully saturated rings. The average Bonchev–Trinajstić information content (AvgIpc) is 2.94. The van der Waals surface area contributed by atoms with Crippen molar-refractivity contribution in [1.82, 2.24) is 0 Å². The van der Waals surface area contributed by atoms with Crippen LogP contribution in [0.2, 0.25) is 0 Å². The Morgan fingerprint density at radius 1 is 1.19 bits per heavy atom. The van der Waals surface area contributed by atoms with E-state index in [1.165, 1.54) is 0 Å². The molecule has 1 aromatic heterocycles. The molecule has 1 saturated heterocycles. The maximum Gasteiger partial charge on any atom is 0.148 e.